The minimum Gasteiger partial charge on any atom is -0.387 e. The molecule has 0 radical (unpaired) electrons. The first-order valence-electron chi connectivity index (χ1n) is 4.64. The van der Waals surface area contributed by atoms with E-state index < -0.39 is 0 Å². The average molecular weight is 154 g/mol. The highest BCUT2D eigenvalue weighted by Gasteiger charge is 2.15. The second-order valence-electron chi connectivity index (χ2n) is 3.23. The summed E-state index contributed by atoms with van der Waals surface area (Å²) in [7, 11) is 0. The van der Waals surface area contributed by atoms with E-state index in [1.165, 1.54) is 32.1 Å². The van der Waals surface area contributed by atoms with Gasteiger partial charge >= 0.3 is 0 Å². The Labute approximate surface area is 68.9 Å². The van der Waals surface area contributed by atoms with E-state index in [1.807, 2.05) is 6.92 Å². The van der Waals surface area contributed by atoms with E-state index >= 15 is 0 Å². The number of hydrogen-bond acceptors (Lipinski definition) is 1. The smallest absolute Gasteiger partial charge is 0.0968 e. The van der Waals surface area contributed by atoms with Crippen LogP contribution in [0.4, 0.5) is 0 Å². The van der Waals surface area contributed by atoms with E-state index in [1.54, 1.807) is 0 Å². The van der Waals surface area contributed by atoms with Gasteiger partial charge in [-0.25, -0.2) is 0 Å². The lowest BCUT2D eigenvalue weighted by Gasteiger charge is -2.20. The maximum Gasteiger partial charge on any atom is 0.0968 e. The minimum absolute atomic E-state index is 0.601. The third-order valence-corrected chi connectivity index (χ3v) is 2.36. The van der Waals surface area contributed by atoms with Crippen molar-refractivity contribution in [3.63, 3.8) is 0 Å². The molecule has 64 valence electrons. The fourth-order valence-corrected chi connectivity index (χ4v) is 1.71. The summed E-state index contributed by atoms with van der Waals surface area (Å²) in [5.74, 6) is 1.50. The minimum atomic E-state index is 0.601. The molecule has 1 aliphatic carbocycles. The number of amidine groups is 1. The Morgan fingerprint density at radius 3 is 2.55 bits per heavy atom. The monoisotopic (exact) mass is 154 g/mol. The van der Waals surface area contributed by atoms with E-state index in [4.69, 9.17) is 5.73 Å². The Hall–Kier alpha value is -0.530. The predicted molar refractivity (Wildman–Crippen MR) is 48.7 cm³/mol. The number of rotatable bonds is 2. The van der Waals surface area contributed by atoms with Gasteiger partial charge in [-0.3, -0.25) is 4.99 Å². The fourth-order valence-electron chi connectivity index (χ4n) is 1.71. The summed E-state index contributed by atoms with van der Waals surface area (Å²) in [5.41, 5.74) is 5.81. The Bertz CT molecular complexity index is 134. The maximum absolute atomic E-state index is 5.81. The molecule has 11 heavy (non-hydrogen) atoms. The van der Waals surface area contributed by atoms with Crippen LogP contribution in [0.5, 0.6) is 0 Å². The van der Waals surface area contributed by atoms with Crippen molar-refractivity contribution in [2.75, 3.05) is 6.54 Å². The van der Waals surface area contributed by atoms with E-state index in [2.05, 4.69) is 4.99 Å². The molecule has 0 aromatic carbocycles. The quantitative estimate of drug-likeness (QED) is 0.479. The zero-order valence-corrected chi connectivity index (χ0v) is 7.34. The summed E-state index contributed by atoms with van der Waals surface area (Å²) in [4.78, 5) is 4.24. The van der Waals surface area contributed by atoms with Crippen molar-refractivity contribution in [1.82, 2.24) is 0 Å². The van der Waals surface area contributed by atoms with Crippen LogP contribution in [0.2, 0.25) is 0 Å². The van der Waals surface area contributed by atoms with Gasteiger partial charge in [-0.15, -0.1) is 0 Å². The lowest BCUT2D eigenvalue weighted by atomic mass is 9.88. The third-order valence-electron chi connectivity index (χ3n) is 2.36. The second kappa shape index (κ2) is 4.37. The Balaban J connectivity index is 2.38. The van der Waals surface area contributed by atoms with Crippen LogP contribution in [0.25, 0.3) is 0 Å². The zero-order chi connectivity index (χ0) is 8.10. The van der Waals surface area contributed by atoms with E-state index in [9.17, 15) is 0 Å². The summed E-state index contributed by atoms with van der Waals surface area (Å²) < 4.78 is 0. The molecule has 0 saturated heterocycles. The van der Waals surface area contributed by atoms with E-state index in [0.717, 1.165) is 12.4 Å². The normalized spacial score (nSPS) is 22.1. The molecule has 0 aromatic rings. The second-order valence-corrected chi connectivity index (χ2v) is 3.23. The lowest BCUT2D eigenvalue weighted by molar-refractivity contribution is 0.436. The molecule has 1 saturated carbocycles. The number of nitrogens with two attached hydrogens (primary N) is 1. The number of nitrogens with zero attached hydrogens (tertiary/aromatic N) is 1. The van der Waals surface area contributed by atoms with Crippen molar-refractivity contribution < 1.29 is 0 Å². The van der Waals surface area contributed by atoms with Crippen molar-refractivity contribution in [2.45, 2.75) is 39.0 Å². The number of aliphatic imine (C=N–C) groups is 1. The molecule has 2 N–H and O–H groups in total. The summed E-state index contributed by atoms with van der Waals surface area (Å²) in [6.45, 7) is 2.87. The van der Waals surface area contributed by atoms with Crippen molar-refractivity contribution >= 4 is 5.84 Å². The van der Waals surface area contributed by atoms with Gasteiger partial charge in [-0.2, -0.15) is 0 Å². The van der Waals surface area contributed by atoms with Crippen molar-refractivity contribution in [2.24, 2.45) is 16.6 Å². The van der Waals surface area contributed by atoms with Crippen LogP contribution in [0.1, 0.15) is 39.0 Å². The molecule has 0 aromatic heterocycles. The largest absolute Gasteiger partial charge is 0.387 e. The summed E-state index contributed by atoms with van der Waals surface area (Å²) in [6, 6.07) is 0. The molecule has 0 bridgehead atoms. The Kier molecular flexibility index (Phi) is 3.40. The van der Waals surface area contributed by atoms with Gasteiger partial charge in [0.25, 0.3) is 0 Å². The maximum atomic E-state index is 5.81. The predicted octanol–water partition coefficient (Wildman–Crippen LogP) is 1.94. The van der Waals surface area contributed by atoms with Crippen LogP contribution in [0.15, 0.2) is 4.99 Å². The van der Waals surface area contributed by atoms with Gasteiger partial charge in [0.05, 0.1) is 5.84 Å². The van der Waals surface area contributed by atoms with Crippen LogP contribution in [0.3, 0.4) is 0 Å². The molecule has 0 spiro atoms. The highest BCUT2D eigenvalue weighted by Crippen LogP contribution is 2.23. The first kappa shape index (κ1) is 8.57. The molecular weight excluding hydrogens is 136 g/mol. The molecule has 1 aliphatic rings. The molecule has 2 heteroatoms. The molecule has 0 aliphatic heterocycles. The summed E-state index contributed by atoms with van der Waals surface area (Å²) in [5, 5.41) is 0. The SMILES string of the molecule is CCN=C(N)C1CCCCC1. The van der Waals surface area contributed by atoms with Crippen LogP contribution < -0.4 is 5.73 Å². The Morgan fingerprint density at radius 1 is 1.36 bits per heavy atom. The van der Waals surface area contributed by atoms with Gasteiger partial charge in [0.2, 0.25) is 0 Å². The standard InChI is InChI=1S/C9H18N2/c1-2-11-9(10)8-6-4-3-5-7-8/h8H,2-7H2,1H3,(H2,10,11). The molecule has 0 heterocycles. The van der Waals surface area contributed by atoms with Crippen molar-refractivity contribution in [1.29, 1.82) is 0 Å². The zero-order valence-electron chi connectivity index (χ0n) is 7.34. The number of hydrogen-bond donors (Lipinski definition) is 1. The molecular formula is C9H18N2. The van der Waals surface area contributed by atoms with Crippen LogP contribution in [-0.4, -0.2) is 12.4 Å². The van der Waals surface area contributed by atoms with Gasteiger partial charge in [0.1, 0.15) is 0 Å². The molecule has 1 rings (SSSR count). The molecule has 0 unspecified atom stereocenters. The van der Waals surface area contributed by atoms with Crippen LogP contribution in [-0.2, 0) is 0 Å². The lowest BCUT2D eigenvalue weighted by Crippen LogP contribution is -2.25. The van der Waals surface area contributed by atoms with Gasteiger partial charge in [0, 0.05) is 12.5 Å². The fraction of sp³-hybridized carbons (Fsp3) is 0.889. The molecule has 0 amide bonds. The van der Waals surface area contributed by atoms with E-state index in [0.29, 0.717) is 5.92 Å². The highest BCUT2D eigenvalue weighted by atomic mass is 14.9. The highest BCUT2D eigenvalue weighted by molar-refractivity contribution is 5.82. The first-order chi connectivity index (χ1) is 5.34. The Morgan fingerprint density at radius 2 is 2.00 bits per heavy atom. The third kappa shape index (κ3) is 2.52. The molecule has 2 nitrogen and oxygen atoms in total. The van der Waals surface area contributed by atoms with Crippen molar-refractivity contribution in [3.05, 3.63) is 0 Å². The van der Waals surface area contributed by atoms with Gasteiger partial charge in [-0.1, -0.05) is 19.3 Å². The average Bonchev–Trinajstić information content (AvgIpc) is 2.07. The van der Waals surface area contributed by atoms with Gasteiger partial charge in [0.15, 0.2) is 0 Å². The van der Waals surface area contributed by atoms with Gasteiger partial charge in [-0.05, 0) is 19.8 Å². The van der Waals surface area contributed by atoms with E-state index in [-0.39, 0.29) is 0 Å². The molecule has 1 fully saturated rings. The van der Waals surface area contributed by atoms with Crippen LogP contribution >= 0.6 is 0 Å². The van der Waals surface area contributed by atoms with Crippen molar-refractivity contribution in [3.8, 4) is 0 Å². The topological polar surface area (TPSA) is 38.4 Å². The molecule has 0 atom stereocenters. The van der Waals surface area contributed by atoms with Crippen LogP contribution in [0, 0.1) is 5.92 Å². The first-order valence-corrected chi connectivity index (χ1v) is 4.64. The summed E-state index contributed by atoms with van der Waals surface area (Å²) in [6.07, 6.45) is 6.58. The van der Waals surface area contributed by atoms with Gasteiger partial charge < -0.3 is 5.73 Å². The summed E-state index contributed by atoms with van der Waals surface area (Å²) >= 11 is 0.